The van der Waals surface area contributed by atoms with Gasteiger partial charge in [0.05, 0.1) is 16.9 Å². The summed E-state index contributed by atoms with van der Waals surface area (Å²) < 4.78 is 5.60. The van der Waals surface area contributed by atoms with Crippen molar-refractivity contribution in [2.75, 3.05) is 0 Å². The Kier molecular flexibility index (Phi) is 4.07. The second-order valence-corrected chi connectivity index (χ2v) is 4.73. The number of benzene rings is 1. The molecule has 0 spiro atoms. The van der Waals surface area contributed by atoms with Gasteiger partial charge in [-0.25, -0.2) is 0 Å². The minimum absolute atomic E-state index is 0.0989. The third-order valence-corrected chi connectivity index (χ3v) is 2.88. The summed E-state index contributed by atoms with van der Waals surface area (Å²) in [6.45, 7) is 1.87. The summed E-state index contributed by atoms with van der Waals surface area (Å²) in [7, 11) is 0. The Labute approximate surface area is 115 Å². The molecule has 0 unspecified atom stereocenters. The fourth-order valence-corrected chi connectivity index (χ4v) is 1.85. The smallest absolute Gasteiger partial charge is 0.146 e. The van der Waals surface area contributed by atoms with Gasteiger partial charge in [0.25, 0.3) is 0 Å². The van der Waals surface area contributed by atoms with Crippen molar-refractivity contribution in [3.8, 4) is 11.5 Å². The Hall–Kier alpha value is -1.29. The molecule has 0 saturated heterocycles. The van der Waals surface area contributed by atoms with Crippen LogP contribution in [0, 0.1) is 0 Å². The van der Waals surface area contributed by atoms with E-state index in [1.54, 1.807) is 30.5 Å². The summed E-state index contributed by atoms with van der Waals surface area (Å²) >= 11 is 11.8. The van der Waals surface area contributed by atoms with Gasteiger partial charge in [-0.3, -0.25) is 4.98 Å². The van der Waals surface area contributed by atoms with Crippen LogP contribution < -0.4 is 10.5 Å². The van der Waals surface area contributed by atoms with Crippen molar-refractivity contribution in [1.82, 2.24) is 4.98 Å². The van der Waals surface area contributed by atoms with Crippen LogP contribution in [0.3, 0.4) is 0 Å². The first-order valence-electron chi connectivity index (χ1n) is 5.40. The molecule has 0 fully saturated rings. The molecule has 5 heteroatoms. The maximum Gasteiger partial charge on any atom is 0.146 e. The summed E-state index contributed by atoms with van der Waals surface area (Å²) in [4.78, 5) is 4.20. The Morgan fingerprint density at radius 3 is 2.56 bits per heavy atom. The molecular weight excluding hydrogens is 271 g/mol. The largest absolute Gasteiger partial charge is 0.454 e. The van der Waals surface area contributed by atoms with Crippen LogP contribution in [0.1, 0.15) is 18.7 Å². The van der Waals surface area contributed by atoms with Crippen molar-refractivity contribution in [3.63, 3.8) is 0 Å². The number of hydrogen-bond acceptors (Lipinski definition) is 3. The van der Waals surface area contributed by atoms with Crippen LogP contribution in [0.4, 0.5) is 0 Å². The molecule has 18 heavy (non-hydrogen) atoms. The van der Waals surface area contributed by atoms with Gasteiger partial charge in [-0.15, -0.1) is 0 Å². The highest BCUT2D eigenvalue weighted by atomic mass is 35.5. The average molecular weight is 283 g/mol. The number of halogens is 2. The first-order chi connectivity index (χ1) is 8.56. The second kappa shape index (κ2) is 5.57. The van der Waals surface area contributed by atoms with Gasteiger partial charge in [0.1, 0.15) is 11.5 Å². The molecule has 3 nitrogen and oxygen atoms in total. The molecule has 0 aliphatic heterocycles. The molecule has 0 aliphatic rings. The Bertz CT molecular complexity index is 541. The van der Waals surface area contributed by atoms with E-state index in [-0.39, 0.29) is 6.04 Å². The summed E-state index contributed by atoms with van der Waals surface area (Å²) in [5.41, 5.74) is 6.53. The highest BCUT2D eigenvalue weighted by molar-refractivity contribution is 6.35. The molecule has 0 saturated carbocycles. The molecule has 0 amide bonds. The van der Waals surface area contributed by atoms with Crippen LogP contribution in [0.2, 0.25) is 10.0 Å². The van der Waals surface area contributed by atoms with E-state index in [9.17, 15) is 0 Å². The Balaban J connectivity index is 2.18. The van der Waals surface area contributed by atoms with Crippen LogP contribution in [-0.4, -0.2) is 4.98 Å². The quantitative estimate of drug-likeness (QED) is 0.918. The lowest BCUT2D eigenvalue weighted by atomic mass is 10.2. The van der Waals surface area contributed by atoms with Crippen LogP contribution in [0.15, 0.2) is 36.5 Å². The Morgan fingerprint density at radius 1 is 1.22 bits per heavy atom. The van der Waals surface area contributed by atoms with Crippen LogP contribution >= 0.6 is 23.2 Å². The summed E-state index contributed by atoms with van der Waals surface area (Å²) in [5.74, 6) is 1.14. The topological polar surface area (TPSA) is 48.1 Å². The van der Waals surface area contributed by atoms with Crippen molar-refractivity contribution in [2.45, 2.75) is 13.0 Å². The summed E-state index contributed by atoms with van der Waals surface area (Å²) in [6, 6.07) is 8.58. The van der Waals surface area contributed by atoms with E-state index in [4.69, 9.17) is 33.7 Å². The van der Waals surface area contributed by atoms with Gasteiger partial charge < -0.3 is 10.5 Å². The van der Waals surface area contributed by atoms with E-state index in [1.807, 2.05) is 13.0 Å². The first kappa shape index (κ1) is 13.1. The van der Waals surface area contributed by atoms with E-state index in [2.05, 4.69) is 4.98 Å². The third kappa shape index (κ3) is 3.13. The lowest BCUT2D eigenvalue weighted by molar-refractivity contribution is 0.479. The molecule has 2 N–H and O–H groups in total. The minimum atomic E-state index is -0.0989. The van der Waals surface area contributed by atoms with Crippen molar-refractivity contribution in [1.29, 1.82) is 0 Å². The van der Waals surface area contributed by atoms with Gasteiger partial charge in [0.2, 0.25) is 0 Å². The van der Waals surface area contributed by atoms with Gasteiger partial charge >= 0.3 is 0 Å². The van der Waals surface area contributed by atoms with Crippen molar-refractivity contribution >= 4 is 23.2 Å². The van der Waals surface area contributed by atoms with Crippen molar-refractivity contribution in [2.24, 2.45) is 5.73 Å². The van der Waals surface area contributed by atoms with Crippen LogP contribution in [0.25, 0.3) is 0 Å². The summed E-state index contributed by atoms with van der Waals surface area (Å²) in [5, 5.41) is 1.02. The zero-order valence-corrected chi connectivity index (χ0v) is 11.2. The maximum atomic E-state index is 6.01. The third-order valence-electron chi connectivity index (χ3n) is 2.35. The van der Waals surface area contributed by atoms with E-state index in [0.29, 0.717) is 21.5 Å². The molecule has 2 aromatic rings. The number of rotatable bonds is 3. The van der Waals surface area contributed by atoms with E-state index >= 15 is 0 Å². The van der Waals surface area contributed by atoms with E-state index in [0.717, 1.165) is 5.69 Å². The fraction of sp³-hybridized carbons (Fsp3) is 0.154. The molecule has 1 aromatic carbocycles. The number of pyridine rings is 1. The minimum Gasteiger partial charge on any atom is -0.454 e. The molecule has 1 atom stereocenters. The molecule has 94 valence electrons. The highest BCUT2D eigenvalue weighted by Crippen LogP contribution is 2.31. The maximum absolute atomic E-state index is 6.01. The number of hydrogen-bond donors (Lipinski definition) is 1. The molecule has 0 aliphatic carbocycles. The lowest BCUT2D eigenvalue weighted by Crippen LogP contribution is -2.06. The number of nitrogens with zero attached hydrogens (tertiary/aromatic N) is 1. The van der Waals surface area contributed by atoms with E-state index < -0.39 is 0 Å². The van der Waals surface area contributed by atoms with Crippen LogP contribution in [0.5, 0.6) is 11.5 Å². The van der Waals surface area contributed by atoms with Gasteiger partial charge in [0, 0.05) is 11.1 Å². The molecule has 0 radical (unpaired) electrons. The first-order valence-corrected chi connectivity index (χ1v) is 6.16. The second-order valence-electron chi connectivity index (χ2n) is 3.88. The van der Waals surface area contributed by atoms with Crippen molar-refractivity contribution in [3.05, 3.63) is 52.3 Å². The van der Waals surface area contributed by atoms with Crippen molar-refractivity contribution < 1.29 is 4.74 Å². The normalized spacial score (nSPS) is 12.2. The summed E-state index contributed by atoms with van der Waals surface area (Å²) in [6.07, 6.45) is 1.61. The molecule has 0 bridgehead atoms. The lowest BCUT2D eigenvalue weighted by Gasteiger charge is -2.09. The zero-order valence-electron chi connectivity index (χ0n) is 9.73. The standard InChI is InChI=1S/C13H12Cl2N2O/c1-8(16)12-4-3-10(7-17-12)18-13-5-2-9(14)6-11(13)15/h2-8H,16H2,1H3/t8-/m0/s1. The number of nitrogens with two attached hydrogens (primary N) is 1. The monoisotopic (exact) mass is 282 g/mol. The number of ether oxygens (including phenoxy) is 1. The van der Waals surface area contributed by atoms with Crippen LogP contribution in [-0.2, 0) is 0 Å². The van der Waals surface area contributed by atoms with Gasteiger partial charge in [-0.05, 0) is 37.3 Å². The average Bonchev–Trinajstić information content (AvgIpc) is 2.33. The van der Waals surface area contributed by atoms with E-state index in [1.165, 1.54) is 0 Å². The Morgan fingerprint density at radius 2 is 2.00 bits per heavy atom. The predicted octanol–water partition coefficient (Wildman–Crippen LogP) is 4.20. The molecule has 2 rings (SSSR count). The zero-order chi connectivity index (χ0) is 13.1. The van der Waals surface area contributed by atoms with Gasteiger partial charge in [-0.2, -0.15) is 0 Å². The fourth-order valence-electron chi connectivity index (χ4n) is 1.41. The van der Waals surface area contributed by atoms with Gasteiger partial charge in [0.15, 0.2) is 0 Å². The predicted molar refractivity (Wildman–Crippen MR) is 73.4 cm³/mol. The molecule has 1 heterocycles. The molecular formula is C13H12Cl2N2O. The SMILES string of the molecule is C[C@H](N)c1ccc(Oc2ccc(Cl)cc2Cl)cn1. The molecule has 1 aromatic heterocycles. The number of aromatic nitrogens is 1. The highest BCUT2D eigenvalue weighted by Gasteiger charge is 2.05. The van der Waals surface area contributed by atoms with Gasteiger partial charge in [-0.1, -0.05) is 23.2 Å².